The van der Waals surface area contributed by atoms with Gasteiger partial charge in [0.25, 0.3) is 11.7 Å². The van der Waals surface area contributed by atoms with Gasteiger partial charge in [-0.2, -0.15) is 8.78 Å². The quantitative estimate of drug-likeness (QED) is 0.805. The number of halogens is 2. The van der Waals surface area contributed by atoms with Crippen molar-refractivity contribution in [3.8, 4) is 0 Å². The Morgan fingerprint density at radius 2 is 1.91 bits per heavy atom. The van der Waals surface area contributed by atoms with Gasteiger partial charge in [-0.15, -0.1) is 0 Å². The Balaban J connectivity index is 2.11. The monoisotopic (exact) mass is 339 g/mol. The van der Waals surface area contributed by atoms with E-state index in [0.717, 1.165) is 5.56 Å². The average molecular weight is 339 g/mol. The van der Waals surface area contributed by atoms with Crippen molar-refractivity contribution < 1.29 is 18.0 Å². The van der Waals surface area contributed by atoms with E-state index < -0.39 is 11.7 Å². The van der Waals surface area contributed by atoms with Crippen molar-refractivity contribution in [1.82, 2.24) is 0 Å². The molecule has 124 valence electrons. The summed E-state index contributed by atoms with van der Waals surface area (Å²) in [5.74, 6) is -2.36. The van der Waals surface area contributed by atoms with E-state index in [1.165, 1.54) is 6.07 Å². The number of hydrogen-bond donors (Lipinski definition) is 1. The Kier molecular flexibility index (Phi) is 5.46. The summed E-state index contributed by atoms with van der Waals surface area (Å²) in [7, 11) is 0. The molecule has 0 radical (unpaired) electrons. The van der Waals surface area contributed by atoms with E-state index in [4.69, 9.17) is 4.42 Å². The van der Waals surface area contributed by atoms with Crippen molar-refractivity contribution in [3.05, 3.63) is 53.5 Å². The van der Waals surface area contributed by atoms with E-state index in [9.17, 15) is 13.6 Å². The van der Waals surface area contributed by atoms with Crippen molar-refractivity contribution in [1.29, 1.82) is 0 Å². The smallest absolute Gasteiger partial charge is 0.291 e. The van der Waals surface area contributed by atoms with Crippen molar-refractivity contribution >= 4 is 23.4 Å². The number of carbonyl (C=O) groups excluding carboxylic acids is 1. The number of anilines is 1. The first-order valence-corrected chi connectivity index (χ1v) is 8.21. The molecule has 0 aliphatic heterocycles. The molecule has 1 amide bonds. The van der Waals surface area contributed by atoms with Gasteiger partial charge in [-0.3, -0.25) is 4.79 Å². The predicted molar refractivity (Wildman–Crippen MR) is 89.1 cm³/mol. The number of nitrogens with one attached hydrogen (secondary N) is 1. The molecule has 3 nitrogen and oxygen atoms in total. The minimum absolute atomic E-state index is 0.0313. The molecule has 2 rings (SSSR count). The van der Waals surface area contributed by atoms with Gasteiger partial charge in [-0.1, -0.05) is 50.7 Å². The highest BCUT2D eigenvalue weighted by molar-refractivity contribution is 7.98. The summed E-state index contributed by atoms with van der Waals surface area (Å²) in [6.07, 6.45) is 0. The summed E-state index contributed by atoms with van der Waals surface area (Å²) < 4.78 is 29.7. The van der Waals surface area contributed by atoms with Gasteiger partial charge in [-0.25, -0.2) is 0 Å². The number of para-hydroxylation sites is 1. The van der Waals surface area contributed by atoms with Crippen molar-refractivity contribution in [3.63, 3.8) is 0 Å². The van der Waals surface area contributed by atoms with Gasteiger partial charge < -0.3 is 9.73 Å². The number of alkyl halides is 2. The summed E-state index contributed by atoms with van der Waals surface area (Å²) >= 11 is 0.460. The Morgan fingerprint density at radius 3 is 2.57 bits per heavy atom. The zero-order chi connectivity index (χ0) is 17.0. The lowest BCUT2D eigenvalue weighted by molar-refractivity contribution is 0.0995. The molecule has 2 aromatic rings. The topological polar surface area (TPSA) is 42.2 Å². The molecule has 0 bridgehead atoms. The average Bonchev–Trinajstić information content (AvgIpc) is 2.93. The molecule has 0 saturated carbocycles. The molecule has 0 atom stereocenters. The van der Waals surface area contributed by atoms with Crippen LogP contribution in [0.5, 0.6) is 0 Å². The largest absolute Gasteiger partial charge is 0.455 e. The lowest BCUT2D eigenvalue weighted by Crippen LogP contribution is -2.18. The molecule has 1 N–H and O–H groups in total. The van der Waals surface area contributed by atoms with E-state index in [1.54, 1.807) is 6.07 Å². The van der Waals surface area contributed by atoms with Gasteiger partial charge in [0.1, 0.15) is 5.76 Å². The second kappa shape index (κ2) is 7.17. The predicted octanol–water partition coefficient (Wildman–Crippen LogP) is 5.29. The zero-order valence-corrected chi connectivity index (χ0v) is 14.0. The molecule has 0 unspecified atom stereocenters. The van der Waals surface area contributed by atoms with Crippen LogP contribution in [0.25, 0.3) is 0 Å². The highest BCUT2D eigenvalue weighted by atomic mass is 32.2. The lowest BCUT2D eigenvalue weighted by Gasteiger charge is -2.22. The molecule has 0 aliphatic carbocycles. The molecule has 1 aromatic carbocycles. The van der Waals surface area contributed by atoms with Gasteiger partial charge >= 0.3 is 0 Å². The summed E-state index contributed by atoms with van der Waals surface area (Å²) in [6.45, 7) is 6.18. The maximum atomic E-state index is 12.3. The third-order valence-electron chi connectivity index (χ3n) is 3.22. The second-order valence-electron chi connectivity index (χ2n) is 6.09. The van der Waals surface area contributed by atoms with Crippen LogP contribution in [0, 0.1) is 0 Å². The molecular weight excluding hydrogens is 320 g/mol. The molecular formula is C17H19F2NO2S. The molecule has 23 heavy (non-hydrogen) atoms. The highest BCUT2D eigenvalue weighted by Crippen LogP contribution is 2.29. The number of benzene rings is 1. The van der Waals surface area contributed by atoms with Crippen LogP contribution in [-0.4, -0.2) is 11.7 Å². The van der Waals surface area contributed by atoms with E-state index >= 15 is 0 Å². The molecule has 0 spiro atoms. The number of thioether (sulfide) groups is 1. The van der Waals surface area contributed by atoms with Gasteiger partial charge in [0.2, 0.25) is 0 Å². The number of amides is 1. The van der Waals surface area contributed by atoms with Gasteiger partial charge in [-0.05, 0) is 29.2 Å². The summed E-state index contributed by atoms with van der Waals surface area (Å²) in [5, 5.41) is 2.82. The fraction of sp³-hybridized carbons (Fsp3) is 0.353. The number of rotatable bonds is 5. The van der Waals surface area contributed by atoms with Crippen molar-refractivity contribution in [2.75, 3.05) is 5.32 Å². The molecule has 1 aromatic heterocycles. The maximum Gasteiger partial charge on any atom is 0.291 e. The number of furan rings is 1. The van der Waals surface area contributed by atoms with Gasteiger partial charge in [0, 0.05) is 5.69 Å². The van der Waals surface area contributed by atoms with Crippen LogP contribution in [0.15, 0.2) is 40.8 Å². The second-order valence-corrected chi connectivity index (χ2v) is 7.07. The molecule has 0 fully saturated rings. The fourth-order valence-corrected chi connectivity index (χ4v) is 2.60. The summed E-state index contributed by atoms with van der Waals surface area (Å²) in [4.78, 5) is 12.3. The van der Waals surface area contributed by atoms with Crippen molar-refractivity contribution in [2.24, 2.45) is 0 Å². The normalized spacial score (nSPS) is 11.7. The lowest BCUT2D eigenvalue weighted by atomic mass is 9.86. The van der Waals surface area contributed by atoms with Crippen LogP contribution in [0.4, 0.5) is 14.5 Å². The minimum Gasteiger partial charge on any atom is -0.455 e. The third-order valence-corrected chi connectivity index (χ3v) is 3.92. The Bertz CT molecular complexity index is 677. The van der Waals surface area contributed by atoms with Crippen LogP contribution < -0.4 is 5.32 Å². The van der Waals surface area contributed by atoms with Crippen LogP contribution in [-0.2, 0) is 11.2 Å². The molecule has 6 heteroatoms. The molecule has 0 aliphatic rings. The maximum absolute atomic E-state index is 12.3. The molecule has 0 saturated heterocycles. The Morgan fingerprint density at radius 1 is 1.22 bits per heavy atom. The number of carbonyl (C=O) groups is 1. The van der Waals surface area contributed by atoms with Gasteiger partial charge in [0.15, 0.2) is 5.76 Å². The van der Waals surface area contributed by atoms with Crippen molar-refractivity contribution in [2.45, 2.75) is 37.7 Å². The van der Waals surface area contributed by atoms with E-state index in [0.29, 0.717) is 23.2 Å². The Labute approximate surface area is 138 Å². The third kappa shape index (κ3) is 4.82. The fourth-order valence-electron chi connectivity index (χ4n) is 2.15. The summed E-state index contributed by atoms with van der Waals surface area (Å²) in [6, 6.07) is 10.6. The van der Waals surface area contributed by atoms with Crippen LogP contribution in [0.2, 0.25) is 0 Å². The van der Waals surface area contributed by atoms with Crippen LogP contribution in [0.3, 0.4) is 0 Å². The first-order chi connectivity index (χ1) is 10.8. The van der Waals surface area contributed by atoms with Gasteiger partial charge in [0.05, 0.1) is 5.75 Å². The van der Waals surface area contributed by atoms with Crippen LogP contribution in [0.1, 0.15) is 42.6 Å². The van der Waals surface area contributed by atoms with E-state index in [2.05, 4.69) is 26.1 Å². The number of hydrogen-bond acceptors (Lipinski definition) is 3. The SMILES string of the molecule is CC(C)(C)c1ccccc1NC(=O)c1ccc(CSC(F)F)o1. The van der Waals surface area contributed by atoms with E-state index in [-0.39, 0.29) is 16.9 Å². The zero-order valence-electron chi connectivity index (χ0n) is 13.2. The van der Waals surface area contributed by atoms with E-state index in [1.807, 2.05) is 24.3 Å². The minimum atomic E-state index is -2.46. The first-order valence-electron chi connectivity index (χ1n) is 7.16. The first kappa shape index (κ1) is 17.5. The summed E-state index contributed by atoms with van der Waals surface area (Å²) in [5.41, 5.74) is 1.60. The highest BCUT2D eigenvalue weighted by Gasteiger charge is 2.20. The van der Waals surface area contributed by atoms with Crippen LogP contribution >= 0.6 is 11.8 Å². The Hall–Kier alpha value is -1.82. The standard InChI is InChI=1S/C17H19F2NO2S/c1-17(2,3)12-6-4-5-7-13(12)20-15(21)14-9-8-11(22-14)10-23-16(18)19/h4-9,16H,10H2,1-3H3,(H,20,21). The molecule has 1 heterocycles.